The highest BCUT2D eigenvalue weighted by Crippen LogP contribution is 2.29. The van der Waals surface area contributed by atoms with Crippen molar-refractivity contribution in [1.29, 1.82) is 0 Å². The van der Waals surface area contributed by atoms with Gasteiger partial charge in [0, 0.05) is 16.1 Å². The summed E-state index contributed by atoms with van der Waals surface area (Å²) in [5.74, 6) is 0.336. The number of halogens is 3. The average molecular weight is 356 g/mol. The molecule has 0 aliphatic rings. The molecule has 7 heteroatoms. The molecule has 2 heterocycles. The zero-order valence-corrected chi connectivity index (χ0v) is 13.9. The number of benzene rings is 1. The fraction of sp³-hybridized carbons (Fsp3) is 0.200. The molecule has 0 fully saturated rings. The summed E-state index contributed by atoms with van der Waals surface area (Å²) in [6.45, 7) is 2.00. The lowest BCUT2D eigenvalue weighted by Gasteiger charge is -2.17. The molecule has 3 rings (SSSR count). The van der Waals surface area contributed by atoms with Crippen molar-refractivity contribution in [2.75, 3.05) is 5.32 Å². The zero-order chi connectivity index (χ0) is 15.7. The third kappa shape index (κ3) is 3.16. The summed E-state index contributed by atoms with van der Waals surface area (Å²) in [6.07, 6.45) is 2.10. The van der Waals surface area contributed by atoms with Crippen LogP contribution >= 0.6 is 34.5 Å². The van der Waals surface area contributed by atoms with Crippen LogP contribution in [0.5, 0.6) is 0 Å². The van der Waals surface area contributed by atoms with E-state index in [1.807, 2.05) is 18.4 Å². The monoisotopic (exact) mass is 355 g/mol. The minimum atomic E-state index is -0.435. The van der Waals surface area contributed by atoms with Crippen molar-refractivity contribution in [1.82, 2.24) is 9.97 Å². The highest BCUT2D eigenvalue weighted by molar-refractivity contribution is 7.16. The third-order valence-corrected chi connectivity index (χ3v) is 4.76. The van der Waals surface area contributed by atoms with E-state index >= 15 is 0 Å². The van der Waals surface area contributed by atoms with Gasteiger partial charge in [-0.15, -0.1) is 11.3 Å². The Balaban J connectivity index is 1.81. The summed E-state index contributed by atoms with van der Waals surface area (Å²) in [5, 5.41) is 6.96. The molecule has 22 heavy (non-hydrogen) atoms. The highest BCUT2D eigenvalue weighted by Gasteiger charge is 2.14. The molecule has 2 aromatic heterocycles. The molecule has 114 valence electrons. The topological polar surface area (TPSA) is 37.8 Å². The number of hydrogen-bond donors (Lipinski definition) is 1. The van der Waals surface area contributed by atoms with Crippen LogP contribution in [0.3, 0.4) is 0 Å². The van der Waals surface area contributed by atoms with Crippen molar-refractivity contribution in [2.45, 2.75) is 19.4 Å². The van der Waals surface area contributed by atoms with E-state index in [4.69, 9.17) is 23.2 Å². The molecule has 0 saturated carbocycles. The zero-order valence-electron chi connectivity index (χ0n) is 11.6. The van der Waals surface area contributed by atoms with Crippen LogP contribution in [0.4, 0.5) is 10.2 Å². The maximum atomic E-state index is 13.2. The Morgan fingerprint density at radius 2 is 2.00 bits per heavy atom. The van der Waals surface area contributed by atoms with E-state index in [0.29, 0.717) is 16.5 Å². The molecule has 0 spiro atoms. The van der Waals surface area contributed by atoms with Gasteiger partial charge in [0.1, 0.15) is 22.8 Å². The van der Waals surface area contributed by atoms with E-state index in [9.17, 15) is 4.39 Å². The first-order valence-corrected chi connectivity index (χ1v) is 8.26. The molecular formula is C15H12Cl2FN3S. The van der Waals surface area contributed by atoms with Gasteiger partial charge in [-0.3, -0.25) is 0 Å². The number of nitrogens with zero attached hydrogens (tertiary/aromatic N) is 2. The van der Waals surface area contributed by atoms with Crippen molar-refractivity contribution in [3.05, 3.63) is 51.3 Å². The second kappa shape index (κ2) is 6.36. The number of anilines is 1. The third-order valence-electron chi connectivity index (χ3n) is 3.26. The summed E-state index contributed by atoms with van der Waals surface area (Å²) in [5.41, 5.74) is 0.723. The normalized spacial score (nSPS) is 12.5. The molecule has 0 amide bonds. The van der Waals surface area contributed by atoms with Crippen molar-refractivity contribution in [3.8, 4) is 0 Å². The van der Waals surface area contributed by atoms with Gasteiger partial charge in [0.15, 0.2) is 0 Å². The largest absolute Gasteiger partial charge is 0.367 e. The lowest BCUT2D eigenvalue weighted by molar-refractivity contribution is 0.626. The molecule has 0 aliphatic carbocycles. The van der Waals surface area contributed by atoms with Crippen LogP contribution < -0.4 is 5.32 Å². The number of thiophene rings is 1. The van der Waals surface area contributed by atoms with E-state index in [1.165, 1.54) is 18.5 Å². The maximum absolute atomic E-state index is 13.2. The van der Waals surface area contributed by atoms with Gasteiger partial charge < -0.3 is 5.32 Å². The summed E-state index contributed by atoms with van der Waals surface area (Å²) in [7, 11) is 0. The highest BCUT2D eigenvalue weighted by atomic mass is 35.5. The standard InChI is InChI=1S/C15H12Cl2FN3S/c1-8(4-11-12(16)5-9(18)6-13(11)17)21-14-10-2-3-22-15(10)20-7-19-14/h2-3,5-8H,4H2,1H3,(H,19,20,21). The molecule has 1 N–H and O–H groups in total. The first kappa shape index (κ1) is 15.5. The SMILES string of the molecule is CC(Cc1c(Cl)cc(F)cc1Cl)Nc1ncnc2sccc12. The van der Waals surface area contributed by atoms with E-state index in [-0.39, 0.29) is 6.04 Å². The number of fused-ring (bicyclic) bond motifs is 1. The van der Waals surface area contributed by atoms with Crippen LogP contribution in [0.15, 0.2) is 29.9 Å². The van der Waals surface area contributed by atoms with Crippen LogP contribution in [-0.4, -0.2) is 16.0 Å². The summed E-state index contributed by atoms with van der Waals surface area (Å²) >= 11 is 13.7. The Bertz CT molecular complexity index is 798. The van der Waals surface area contributed by atoms with Gasteiger partial charge >= 0.3 is 0 Å². The molecule has 1 unspecified atom stereocenters. The minimum Gasteiger partial charge on any atom is -0.367 e. The van der Waals surface area contributed by atoms with Gasteiger partial charge in [-0.1, -0.05) is 23.2 Å². The quantitative estimate of drug-likeness (QED) is 0.700. The molecule has 3 nitrogen and oxygen atoms in total. The Morgan fingerprint density at radius 1 is 1.27 bits per heavy atom. The number of rotatable bonds is 4. The van der Waals surface area contributed by atoms with E-state index in [0.717, 1.165) is 21.6 Å². The van der Waals surface area contributed by atoms with Crippen molar-refractivity contribution in [3.63, 3.8) is 0 Å². The molecule has 3 aromatic rings. The van der Waals surface area contributed by atoms with E-state index < -0.39 is 5.82 Å². The lowest BCUT2D eigenvalue weighted by atomic mass is 10.1. The van der Waals surface area contributed by atoms with Crippen LogP contribution in [0.1, 0.15) is 12.5 Å². The number of aromatic nitrogens is 2. The Morgan fingerprint density at radius 3 is 2.73 bits per heavy atom. The first-order valence-electron chi connectivity index (χ1n) is 6.62. The first-order chi connectivity index (χ1) is 10.5. The van der Waals surface area contributed by atoms with Gasteiger partial charge in [0.05, 0.1) is 5.39 Å². The fourth-order valence-corrected chi connectivity index (χ4v) is 3.61. The van der Waals surface area contributed by atoms with Crippen molar-refractivity contribution >= 4 is 50.6 Å². The fourth-order valence-electron chi connectivity index (χ4n) is 2.26. The molecule has 0 saturated heterocycles. The minimum absolute atomic E-state index is 0.0264. The molecular weight excluding hydrogens is 344 g/mol. The van der Waals surface area contributed by atoms with Crippen LogP contribution in [0, 0.1) is 5.82 Å². The predicted octanol–water partition coefficient (Wildman–Crippen LogP) is 5.18. The Kier molecular flexibility index (Phi) is 4.47. The molecule has 0 radical (unpaired) electrons. The van der Waals surface area contributed by atoms with Crippen molar-refractivity contribution in [2.24, 2.45) is 0 Å². The predicted molar refractivity (Wildman–Crippen MR) is 90.6 cm³/mol. The van der Waals surface area contributed by atoms with Crippen LogP contribution in [0.2, 0.25) is 10.0 Å². The maximum Gasteiger partial charge on any atom is 0.138 e. The van der Waals surface area contributed by atoms with Gasteiger partial charge in [0.2, 0.25) is 0 Å². The van der Waals surface area contributed by atoms with E-state index in [1.54, 1.807) is 11.3 Å². The Labute approximate surface area is 141 Å². The van der Waals surface area contributed by atoms with Gasteiger partial charge in [-0.2, -0.15) is 0 Å². The second-order valence-corrected chi connectivity index (χ2v) is 6.67. The van der Waals surface area contributed by atoms with Crippen molar-refractivity contribution < 1.29 is 4.39 Å². The number of nitrogens with one attached hydrogen (secondary N) is 1. The molecule has 0 aliphatic heterocycles. The second-order valence-electron chi connectivity index (χ2n) is 4.96. The smallest absolute Gasteiger partial charge is 0.138 e. The van der Waals surface area contributed by atoms with Gasteiger partial charge in [0.25, 0.3) is 0 Å². The van der Waals surface area contributed by atoms with Gasteiger partial charge in [-0.25, -0.2) is 14.4 Å². The van der Waals surface area contributed by atoms with Gasteiger partial charge in [-0.05, 0) is 42.5 Å². The molecule has 0 bridgehead atoms. The molecule has 1 aromatic carbocycles. The van der Waals surface area contributed by atoms with Crippen LogP contribution in [0.25, 0.3) is 10.2 Å². The number of hydrogen-bond acceptors (Lipinski definition) is 4. The molecule has 1 atom stereocenters. The lowest BCUT2D eigenvalue weighted by Crippen LogP contribution is -2.19. The van der Waals surface area contributed by atoms with E-state index in [2.05, 4.69) is 15.3 Å². The average Bonchev–Trinajstić information content (AvgIpc) is 2.92. The summed E-state index contributed by atoms with van der Waals surface area (Å²) in [4.78, 5) is 9.43. The Hall–Kier alpha value is -1.43. The summed E-state index contributed by atoms with van der Waals surface area (Å²) in [6, 6.07) is 4.56. The summed E-state index contributed by atoms with van der Waals surface area (Å²) < 4.78 is 13.2. The van der Waals surface area contributed by atoms with Crippen LogP contribution in [-0.2, 0) is 6.42 Å².